The van der Waals surface area contributed by atoms with Gasteiger partial charge in [0.15, 0.2) is 11.5 Å². The van der Waals surface area contributed by atoms with Crippen LogP contribution in [0.3, 0.4) is 0 Å². The lowest BCUT2D eigenvalue weighted by Gasteiger charge is -2.28. The van der Waals surface area contributed by atoms with Crippen LogP contribution in [0.1, 0.15) is 36.0 Å². The SMILES string of the molecule is Nc1nn2cc(-c3ccc(C(=O)N4CCCC4CN4CCCC4)cn3)cnc2c1-c1ccccn1. The molecule has 0 saturated carbocycles. The summed E-state index contributed by atoms with van der Waals surface area (Å²) in [6, 6.07) is 9.67. The molecule has 9 nitrogen and oxygen atoms in total. The molecule has 2 N–H and O–H groups in total. The molecule has 2 aliphatic heterocycles. The molecule has 2 saturated heterocycles. The van der Waals surface area contributed by atoms with Crippen molar-refractivity contribution in [1.82, 2.24) is 34.4 Å². The van der Waals surface area contributed by atoms with Crippen LogP contribution >= 0.6 is 0 Å². The van der Waals surface area contributed by atoms with E-state index in [1.807, 2.05) is 41.4 Å². The number of hydrogen-bond acceptors (Lipinski definition) is 7. The third-order valence-electron chi connectivity index (χ3n) is 7.03. The Morgan fingerprint density at radius 3 is 2.63 bits per heavy atom. The van der Waals surface area contributed by atoms with Crippen LogP contribution in [0.4, 0.5) is 5.82 Å². The number of pyridine rings is 2. The number of aromatic nitrogens is 5. The first kappa shape index (κ1) is 21.7. The second-order valence-electron chi connectivity index (χ2n) is 9.32. The van der Waals surface area contributed by atoms with Crippen molar-refractivity contribution in [1.29, 1.82) is 0 Å². The number of nitrogens with two attached hydrogens (primary N) is 1. The minimum atomic E-state index is 0.0687. The first-order chi connectivity index (χ1) is 17.2. The minimum Gasteiger partial charge on any atom is -0.382 e. The molecule has 35 heavy (non-hydrogen) atoms. The molecule has 0 aliphatic carbocycles. The fourth-order valence-corrected chi connectivity index (χ4v) is 5.25. The molecule has 0 aromatic carbocycles. The number of nitrogens with zero attached hydrogens (tertiary/aromatic N) is 7. The van der Waals surface area contributed by atoms with Crippen molar-refractivity contribution >= 4 is 17.4 Å². The van der Waals surface area contributed by atoms with Gasteiger partial charge in [-0.25, -0.2) is 9.50 Å². The highest BCUT2D eigenvalue weighted by atomic mass is 16.2. The molecule has 1 atom stereocenters. The van der Waals surface area contributed by atoms with Crippen molar-refractivity contribution in [3.63, 3.8) is 0 Å². The van der Waals surface area contributed by atoms with Crippen LogP contribution in [-0.2, 0) is 0 Å². The molecule has 1 unspecified atom stereocenters. The lowest BCUT2D eigenvalue weighted by molar-refractivity contribution is 0.0708. The van der Waals surface area contributed by atoms with Gasteiger partial charge >= 0.3 is 0 Å². The maximum atomic E-state index is 13.2. The van der Waals surface area contributed by atoms with Crippen LogP contribution < -0.4 is 5.73 Å². The summed E-state index contributed by atoms with van der Waals surface area (Å²) >= 11 is 0. The van der Waals surface area contributed by atoms with Crippen LogP contribution in [0.2, 0.25) is 0 Å². The third-order valence-corrected chi connectivity index (χ3v) is 7.03. The van der Waals surface area contributed by atoms with Crippen molar-refractivity contribution in [2.24, 2.45) is 0 Å². The normalized spacial score (nSPS) is 18.5. The summed E-state index contributed by atoms with van der Waals surface area (Å²) in [6.07, 6.45) is 11.7. The van der Waals surface area contributed by atoms with Crippen molar-refractivity contribution < 1.29 is 4.79 Å². The number of hydrogen-bond donors (Lipinski definition) is 1. The summed E-state index contributed by atoms with van der Waals surface area (Å²) in [4.78, 5) is 31.3. The highest BCUT2D eigenvalue weighted by Crippen LogP contribution is 2.29. The minimum absolute atomic E-state index is 0.0687. The van der Waals surface area contributed by atoms with Crippen LogP contribution in [0, 0.1) is 0 Å². The zero-order chi connectivity index (χ0) is 23.8. The number of amides is 1. The molecule has 4 aromatic rings. The Labute approximate surface area is 203 Å². The van der Waals surface area contributed by atoms with Gasteiger partial charge in [-0.05, 0) is 63.0 Å². The summed E-state index contributed by atoms with van der Waals surface area (Å²) < 4.78 is 1.66. The van der Waals surface area contributed by atoms with Gasteiger partial charge in [0.25, 0.3) is 5.91 Å². The van der Waals surface area contributed by atoms with Crippen molar-refractivity contribution in [2.75, 3.05) is 31.9 Å². The lowest BCUT2D eigenvalue weighted by Crippen LogP contribution is -2.42. The molecule has 9 heteroatoms. The first-order valence-corrected chi connectivity index (χ1v) is 12.2. The monoisotopic (exact) mass is 468 g/mol. The summed E-state index contributed by atoms with van der Waals surface area (Å²) in [6.45, 7) is 4.10. The van der Waals surface area contributed by atoms with Gasteiger partial charge in [-0.1, -0.05) is 6.07 Å². The molecule has 0 bridgehead atoms. The van der Waals surface area contributed by atoms with E-state index in [-0.39, 0.29) is 5.91 Å². The van der Waals surface area contributed by atoms with E-state index in [0.717, 1.165) is 56.0 Å². The predicted octanol–water partition coefficient (Wildman–Crippen LogP) is 3.14. The predicted molar refractivity (Wildman–Crippen MR) is 134 cm³/mol. The van der Waals surface area contributed by atoms with Gasteiger partial charge in [0, 0.05) is 49.5 Å². The lowest BCUT2D eigenvalue weighted by atomic mass is 10.1. The van der Waals surface area contributed by atoms with Gasteiger partial charge < -0.3 is 15.5 Å². The van der Waals surface area contributed by atoms with Gasteiger partial charge in [0.2, 0.25) is 0 Å². The Morgan fingerprint density at radius 1 is 0.971 bits per heavy atom. The van der Waals surface area contributed by atoms with Gasteiger partial charge in [0.1, 0.15) is 0 Å². The van der Waals surface area contributed by atoms with E-state index in [1.165, 1.54) is 12.8 Å². The highest BCUT2D eigenvalue weighted by Gasteiger charge is 2.31. The molecule has 2 aliphatic rings. The van der Waals surface area contributed by atoms with Crippen LogP contribution in [0.5, 0.6) is 0 Å². The number of carbonyl (C=O) groups excluding carboxylic acids is 1. The third kappa shape index (κ3) is 4.12. The zero-order valence-corrected chi connectivity index (χ0v) is 19.5. The second-order valence-corrected chi connectivity index (χ2v) is 9.32. The van der Waals surface area contributed by atoms with Crippen LogP contribution in [0.15, 0.2) is 55.1 Å². The average Bonchev–Trinajstić information content (AvgIpc) is 3.64. The standard InChI is InChI=1S/C26H28N8O/c27-24-23(22-7-1-2-10-28-22)25-30-15-19(16-34(25)31-24)21-9-8-18(14-29-21)26(35)33-13-5-6-20(33)17-32-11-3-4-12-32/h1-2,7-10,14-16,20H,3-6,11-13,17H2,(H2,27,31). The highest BCUT2D eigenvalue weighted by molar-refractivity contribution is 5.94. The first-order valence-electron chi connectivity index (χ1n) is 12.2. The Bertz CT molecular complexity index is 1350. The van der Waals surface area contributed by atoms with Crippen molar-refractivity contribution in [3.8, 4) is 22.5 Å². The topological polar surface area (TPSA) is 106 Å². The Hall–Kier alpha value is -3.85. The molecule has 4 aromatic heterocycles. The molecule has 6 heterocycles. The smallest absolute Gasteiger partial charge is 0.255 e. The van der Waals surface area contributed by atoms with E-state index in [2.05, 4.69) is 25.0 Å². The maximum Gasteiger partial charge on any atom is 0.255 e. The Morgan fingerprint density at radius 2 is 1.86 bits per heavy atom. The molecule has 6 rings (SSSR count). The van der Waals surface area contributed by atoms with E-state index < -0.39 is 0 Å². The Kier molecular flexibility index (Phi) is 5.61. The van der Waals surface area contributed by atoms with Gasteiger partial charge in [0.05, 0.1) is 22.5 Å². The quantitative estimate of drug-likeness (QED) is 0.480. The fraction of sp³-hybridized carbons (Fsp3) is 0.346. The molecule has 178 valence electrons. The van der Waals surface area contributed by atoms with Crippen LogP contribution in [-0.4, -0.2) is 72.5 Å². The van der Waals surface area contributed by atoms with E-state index >= 15 is 0 Å². The average molecular weight is 469 g/mol. The van der Waals surface area contributed by atoms with Crippen molar-refractivity contribution in [2.45, 2.75) is 31.7 Å². The fourth-order valence-electron chi connectivity index (χ4n) is 5.25. The van der Waals surface area contributed by atoms with E-state index in [1.54, 1.807) is 23.1 Å². The summed E-state index contributed by atoms with van der Waals surface area (Å²) in [5.41, 5.74) is 10.4. The molecular weight excluding hydrogens is 440 g/mol. The summed E-state index contributed by atoms with van der Waals surface area (Å²) in [5.74, 6) is 0.440. The van der Waals surface area contributed by atoms with Gasteiger partial charge in [-0.2, -0.15) is 0 Å². The zero-order valence-electron chi connectivity index (χ0n) is 19.5. The molecule has 0 spiro atoms. The molecule has 2 fully saturated rings. The van der Waals surface area contributed by atoms with Crippen molar-refractivity contribution in [3.05, 3.63) is 60.7 Å². The number of anilines is 1. The van der Waals surface area contributed by atoms with Gasteiger partial charge in [-0.3, -0.25) is 14.8 Å². The summed E-state index contributed by atoms with van der Waals surface area (Å²) in [5, 5.41) is 4.42. The largest absolute Gasteiger partial charge is 0.382 e. The van der Waals surface area contributed by atoms with Gasteiger partial charge in [-0.15, -0.1) is 5.10 Å². The van der Waals surface area contributed by atoms with E-state index in [0.29, 0.717) is 28.6 Å². The maximum absolute atomic E-state index is 13.2. The molecule has 1 amide bonds. The second kappa shape index (κ2) is 9.07. The summed E-state index contributed by atoms with van der Waals surface area (Å²) in [7, 11) is 0. The number of likely N-dealkylation sites (tertiary alicyclic amines) is 2. The molecule has 0 radical (unpaired) electrons. The number of nitrogen functional groups attached to an aromatic ring is 1. The number of carbonyl (C=O) groups is 1. The van der Waals surface area contributed by atoms with Crippen LogP contribution in [0.25, 0.3) is 28.2 Å². The molecular formula is C26H28N8O. The Balaban J connectivity index is 1.22. The van der Waals surface area contributed by atoms with E-state index in [9.17, 15) is 4.79 Å². The number of rotatable bonds is 5. The number of fused-ring (bicyclic) bond motifs is 1. The van der Waals surface area contributed by atoms with E-state index in [4.69, 9.17) is 5.73 Å².